The van der Waals surface area contributed by atoms with Gasteiger partial charge in [-0.15, -0.1) is 6.42 Å². The van der Waals surface area contributed by atoms with Gasteiger partial charge in [-0.2, -0.15) is 0 Å². The van der Waals surface area contributed by atoms with Crippen LogP contribution >= 0.6 is 0 Å². The predicted molar refractivity (Wildman–Crippen MR) is 86.1 cm³/mol. The number of terminal acetylenes is 1. The monoisotopic (exact) mass is 275 g/mol. The summed E-state index contributed by atoms with van der Waals surface area (Å²) in [5.41, 5.74) is 3.03. The molecule has 1 aromatic heterocycles. The van der Waals surface area contributed by atoms with Gasteiger partial charge in [0.1, 0.15) is 5.82 Å². The van der Waals surface area contributed by atoms with E-state index in [1.54, 1.807) is 0 Å². The minimum Gasteiger partial charge on any atom is -0.341 e. The van der Waals surface area contributed by atoms with Crippen molar-refractivity contribution in [2.75, 3.05) is 6.54 Å². The molecule has 4 rings (SSSR count). The van der Waals surface area contributed by atoms with E-state index in [1.807, 2.05) is 12.1 Å². The summed E-state index contributed by atoms with van der Waals surface area (Å²) in [6.45, 7) is 3.33. The van der Waals surface area contributed by atoms with Crippen LogP contribution in [0.5, 0.6) is 0 Å². The molecule has 0 bridgehead atoms. The number of hydrogen-bond acceptors (Lipinski definition) is 2. The molecule has 1 aliphatic rings. The molecule has 3 nitrogen and oxygen atoms in total. The normalized spacial score (nSPS) is 21.9. The van der Waals surface area contributed by atoms with Crippen molar-refractivity contribution in [3.63, 3.8) is 0 Å². The van der Waals surface area contributed by atoms with E-state index in [9.17, 15) is 0 Å². The lowest BCUT2D eigenvalue weighted by molar-refractivity contribution is 0.589. The smallest absolute Gasteiger partial charge is 0.124 e. The van der Waals surface area contributed by atoms with Gasteiger partial charge in [-0.05, 0) is 42.5 Å². The summed E-state index contributed by atoms with van der Waals surface area (Å²) >= 11 is 0. The molecule has 104 valence electrons. The third-order valence-corrected chi connectivity index (χ3v) is 4.33. The Morgan fingerprint density at radius 3 is 2.95 bits per heavy atom. The van der Waals surface area contributed by atoms with Gasteiger partial charge in [0, 0.05) is 10.9 Å². The Kier molecular flexibility index (Phi) is 2.73. The van der Waals surface area contributed by atoms with Crippen molar-refractivity contribution in [2.24, 2.45) is 5.92 Å². The molecule has 0 amide bonds. The van der Waals surface area contributed by atoms with E-state index in [0.29, 0.717) is 12.0 Å². The highest BCUT2D eigenvalue weighted by molar-refractivity contribution is 6.04. The third kappa shape index (κ3) is 2.00. The molecule has 2 atom stereocenters. The summed E-state index contributed by atoms with van der Waals surface area (Å²) in [5, 5.41) is 5.82. The lowest BCUT2D eigenvalue weighted by atomic mass is 10.1. The van der Waals surface area contributed by atoms with E-state index in [1.165, 1.54) is 0 Å². The average molecular weight is 275 g/mol. The number of rotatable bonds is 1. The number of imidazole rings is 1. The summed E-state index contributed by atoms with van der Waals surface area (Å²) in [6, 6.07) is 10.6. The Morgan fingerprint density at radius 2 is 2.19 bits per heavy atom. The molecule has 21 heavy (non-hydrogen) atoms. The lowest BCUT2D eigenvalue weighted by Gasteiger charge is -2.04. The Bertz CT molecular complexity index is 869. The van der Waals surface area contributed by atoms with Crippen molar-refractivity contribution in [2.45, 2.75) is 19.4 Å². The molecule has 1 saturated heterocycles. The van der Waals surface area contributed by atoms with E-state index in [2.05, 4.69) is 41.3 Å². The summed E-state index contributed by atoms with van der Waals surface area (Å²) in [7, 11) is 0. The number of nitrogens with zero attached hydrogens (tertiary/aromatic N) is 1. The molecule has 2 aromatic carbocycles. The van der Waals surface area contributed by atoms with E-state index in [4.69, 9.17) is 11.4 Å². The van der Waals surface area contributed by atoms with E-state index < -0.39 is 0 Å². The van der Waals surface area contributed by atoms with Gasteiger partial charge in [0.05, 0.1) is 17.1 Å². The Hall–Kier alpha value is -2.31. The molecule has 0 aliphatic carbocycles. The van der Waals surface area contributed by atoms with Crippen LogP contribution in [-0.4, -0.2) is 16.5 Å². The number of hydrogen-bond donors (Lipinski definition) is 2. The largest absolute Gasteiger partial charge is 0.341 e. The van der Waals surface area contributed by atoms with Crippen LogP contribution < -0.4 is 5.32 Å². The van der Waals surface area contributed by atoms with Crippen molar-refractivity contribution in [1.82, 2.24) is 15.3 Å². The van der Waals surface area contributed by atoms with Crippen LogP contribution in [0.25, 0.3) is 21.8 Å². The molecular weight excluding hydrogens is 258 g/mol. The van der Waals surface area contributed by atoms with Crippen LogP contribution in [0, 0.1) is 18.3 Å². The molecule has 2 heterocycles. The van der Waals surface area contributed by atoms with Gasteiger partial charge in [-0.1, -0.05) is 25.0 Å². The highest BCUT2D eigenvalue weighted by atomic mass is 15.0. The first-order valence-electron chi connectivity index (χ1n) is 7.37. The first-order chi connectivity index (χ1) is 10.2. The second-order valence-corrected chi connectivity index (χ2v) is 5.97. The maximum Gasteiger partial charge on any atom is 0.124 e. The Morgan fingerprint density at radius 1 is 1.29 bits per heavy atom. The molecule has 0 spiro atoms. The molecule has 0 saturated carbocycles. The van der Waals surface area contributed by atoms with E-state index >= 15 is 0 Å². The number of benzene rings is 2. The van der Waals surface area contributed by atoms with Crippen molar-refractivity contribution < 1.29 is 0 Å². The zero-order valence-corrected chi connectivity index (χ0v) is 12.0. The van der Waals surface area contributed by atoms with Crippen LogP contribution in [0.15, 0.2) is 30.3 Å². The van der Waals surface area contributed by atoms with Crippen LogP contribution in [0.2, 0.25) is 0 Å². The number of H-pyrrole nitrogens is 1. The van der Waals surface area contributed by atoms with Crippen molar-refractivity contribution in [1.29, 1.82) is 0 Å². The van der Waals surface area contributed by atoms with Gasteiger partial charge in [-0.3, -0.25) is 0 Å². The van der Waals surface area contributed by atoms with Crippen LogP contribution in [0.1, 0.15) is 30.8 Å². The fourth-order valence-corrected chi connectivity index (χ4v) is 3.20. The number of fused-ring (bicyclic) bond motifs is 3. The highest BCUT2D eigenvalue weighted by Crippen LogP contribution is 2.29. The van der Waals surface area contributed by atoms with Gasteiger partial charge in [0.25, 0.3) is 0 Å². The first kappa shape index (κ1) is 12.4. The van der Waals surface area contributed by atoms with Crippen LogP contribution in [0.4, 0.5) is 0 Å². The van der Waals surface area contributed by atoms with Gasteiger partial charge >= 0.3 is 0 Å². The van der Waals surface area contributed by atoms with Crippen LogP contribution in [0.3, 0.4) is 0 Å². The van der Waals surface area contributed by atoms with E-state index in [0.717, 1.165) is 46.2 Å². The van der Waals surface area contributed by atoms with Crippen molar-refractivity contribution in [3.8, 4) is 12.3 Å². The summed E-state index contributed by atoms with van der Waals surface area (Å²) in [5.74, 6) is 4.43. The zero-order valence-electron chi connectivity index (χ0n) is 12.0. The standard InChI is InChI=1S/C18H17N3/c1-3-12-4-6-14-13(9-12)5-7-15-17(14)21-18(20-15)16-8-11(2)10-19-16/h1,4-7,9,11,16,19H,8,10H2,2H3,(H,20,21). The minimum atomic E-state index is 0.340. The van der Waals surface area contributed by atoms with Crippen molar-refractivity contribution in [3.05, 3.63) is 41.7 Å². The average Bonchev–Trinajstić information content (AvgIpc) is 3.12. The SMILES string of the molecule is C#Cc1ccc2c(ccc3[nH]c(C4CC(C)CN4)nc32)c1. The molecule has 1 fully saturated rings. The Balaban J connectivity index is 1.87. The summed E-state index contributed by atoms with van der Waals surface area (Å²) < 4.78 is 0. The van der Waals surface area contributed by atoms with Gasteiger partial charge in [0.15, 0.2) is 0 Å². The lowest BCUT2D eigenvalue weighted by Crippen LogP contribution is -2.14. The van der Waals surface area contributed by atoms with Crippen LogP contribution in [-0.2, 0) is 0 Å². The van der Waals surface area contributed by atoms with E-state index in [-0.39, 0.29) is 0 Å². The quantitative estimate of drug-likeness (QED) is 0.668. The van der Waals surface area contributed by atoms with Gasteiger partial charge < -0.3 is 10.3 Å². The molecular formula is C18H17N3. The first-order valence-corrected chi connectivity index (χ1v) is 7.37. The Labute approximate surface area is 123 Å². The molecule has 2 N–H and O–H groups in total. The van der Waals surface area contributed by atoms with Gasteiger partial charge in [-0.25, -0.2) is 4.98 Å². The third-order valence-electron chi connectivity index (χ3n) is 4.33. The molecule has 2 unspecified atom stereocenters. The van der Waals surface area contributed by atoms with Crippen molar-refractivity contribution >= 4 is 21.8 Å². The molecule has 1 aliphatic heterocycles. The number of aromatic amines is 1. The molecule has 0 radical (unpaired) electrons. The number of aromatic nitrogens is 2. The molecule has 3 heteroatoms. The second kappa shape index (κ2) is 4.61. The fourth-order valence-electron chi connectivity index (χ4n) is 3.20. The fraction of sp³-hybridized carbons (Fsp3) is 0.278. The highest BCUT2D eigenvalue weighted by Gasteiger charge is 2.24. The summed E-state index contributed by atoms with van der Waals surface area (Å²) in [6.07, 6.45) is 6.61. The minimum absolute atomic E-state index is 0.340. The predicted octanol–water partition coefficient (Wildman–Crippen LogP) is 3.37. The zero-order chi connectivity index (χ0) is 14.4. The maximum atomic E-state index is 5.47. The molecule has 3 aromatic rings. The summed E-state index contributed by atoms with van der Waals surface area (Å²) in [4.78, 5) is 8.31. The van der Waals surface area contributed by atoms with Gasteiger partial charge in [0.2, 0.25) is 0 Å². The second-order valence-electron chi connectivity index (χ2n) is 5.97. The number of nitrogens with one attached hydrogen (secondary N) is 2. The maximum absolute atomic E-state index is 5.47. The topological polar surface area (TPSA) is 40.7 Å².